The first-order chi connectivity index (χ1) is 5.25. The van der Waals surface area contributed by atoms with Gasteiger partial charge in [-0.25, -0.2) is 0 Å². The van der Waals surface area contributed by atoms with Crippen LogP contribution in [0.15, 0.2) is 0 Å². The van der Waals surface area contributed by atoms with Gasteiger partial charge in [-0.05, 0) is 18.3 Å². The molecule has 1 amide bonds. The fraction of sp³-hybridized carbons (Fsp3) is 0.889. The summed E-state index contributed by atoms with van der Waals surface area (Å²) in [6.45, 7) is 3.22. The lowest BCUT2D eigenvalue weighted by atomic mass is 10.1. The van der Waals surface area contributed by atoms with Gasteiger partial charge >= 0.3 is 0 Å². The predicted octanol–water partition coefficient (Wildman–Crippen LogP) is 1.12. The lowest BCUT2D eigenvalue weighted by molar-refractivity contribution is -0.129. The van der Waals surface area contributed by atoms with Crippen molar-refractivity contribution in [3.8, 4) is 0 Å². The van der Waals surface area contributed by atoms with Gasteiger partial charge in [-0.2, -0.15) is 0 Å². The van der Waals surface area contributed by atoms with Crippen molar-refractivity contribution < 1.29 is 4.79 Å². The Labute approximate surface area is 67.6 Å². The number of fused-ring (bicyclic) bond motifs is 1. The molecule has 0 radical (unpaired) electrons. The van der Waals surface area contributed by atoms with E-state index in [1.165, 1.54) is 12.8 Å². The number of hydrogen-bond acceptors (Lipinski definition) is 1. The van der Waals surface area contributed by atoms with E-state index < -0.39 is 0 Å². The van der Waals surface area contributed by atoms with Crippen LogP contribution in [0.25, 0.3) is 0 Å². The van der Waals surface area contributed by atoms with E-state index in [0.717, 1.165) is 18.4 Å². The first-order valence-electron chi connectivity index (χ1n) is 4.50. The predicted molar refractivity (Wildman–Crippen MR) is 43.0 cm³/mol. The zero-order valence-corrected chi connectivity index (χ0v) is 7.21. The minimum atomic E-state index is 0.397. The monoisotopic (exact) mass is 153 g/mol. The van der Waals surface area contributed by atoms with Crippen LogP contribution in [0.2, 0.25) is 0 Å². The Bertz CT molecular complexity index is 186. The van der Waals surface area contributed by atoms with Gasteiger partial charge in [-0.1, -0.05) is 13.3 Å². The van der Waals surface area contributed by atoms with Gasteiger partial charge in [0.25, 0.3) is 0 Å². The van der Waals surface area contributed by atoms with Crippen molar-refractivity contribution in [3.63, 3.8) is 0 Å². The summed E-state index contributed by atoms with van der Waals surface area (Å²) < 4.78 is 0. The molecule has 2 heteroatoms. The molecule has 1 aliphatic carbocycles. The molecule has 2 aliphatic rings. The van der Waals surface area contributed by atoms with Gasteiger partial charge in [0.15, 0.2) is 0 Å². The normalized spacial score (nSPS) is 41.1. The maximum atomic E-state index is 11.4. The van der Waals surface area contributed by atoms with Gasteiger partial charge in [0, 0.05) is 19.5 Å². The minimum Gasteiger partial charge on any atom is -0.345 e. The second-order valence-electron chi connectivity index (χ2n) is 3.86. The molecule has 62 valence electrons. The highest BCUT2D eigenvalue weighted by Gasteiger charge is 2.59. The molecule has 2 nitrogen and oxygen atoms in total. The van der Waals surface area contributed by atoms with Crippen LogP contribution in [0.4, 0.5) is 0 Å². The second kappa shape index (κ2) is 2.23. The molecule has 3 atom stereocenters. The lowest BCUT2D eigenvalue weighted by Gasteiger charge is -2.12. The molecule has 0 spiro atoms. The molecule has 11 heavy (non-hydrogen) atoms. The number of piperidine rings is 1. The SMILES string of the molecule is CCC[C@@H]1[C@@H]2CN(C)C(=O)[C@H]12. The molecule has 1 saturated heterocycles. The number of rotatable bonds is 2. The standard InChI is InChI=1S/C9H15NO/c1-3-4-6-7-5-10(2)9(11)8(6)7/h6-8H,3-5H2,1-2H3/t6-,7+,8-/m1/s1. The quantitative estimate of drug-likeness (QED) is 0.582. The third-order valence-electron chi connectivity index (χ3n) is 3.10. The molecule has 0 unspecified atom stereocenters. The molecular formula is C9H15NO. The highest BCUT2D eigenvalue weighted by Crippen LogP contribution is 2.54. The summed E-state index contributed by atoms with van der Waals surface area (Å²) in [6.07, 6.45) is 2.49. The minimum absolute atomic E-state index is 0.397. The van der Waals surface area contributed by atoms with Crippen molar-refractivity contribution in [2.75, 3.05) is 13.6 Å². The summed E-state index contributed by atoms with van der Waals surface area (Å²) >= 11 is 0. The molecule has 0 aromatic carbocycles. The number of hydrogen-bond donors (Lipinski definition) is 0. The van der Waals surface area contributed by atoms with Crippen molar-refractivity contribution >= 4 is 5.91 Å². The van der Waals surface area contributed by atoms with Crippen LogP contribution < -0.4 is 0 Å². The fourth-order valence-corrected chi connectivity index (χ4v) is 2.45. The summed E-state index contributed by atoms with van der Waals surface area (Å²) in [6, 6.07) is 0. The Morgan fingerprint density at radius 2 is 2.36 bits per heavy atom. The summed E-state index contributed by atoms with van der Waals surface area (Å²) in [5, 5.41) is 0. The van der Waals surface area contributed by atoms with Crippen LogP contribution in [-0.2, 0) is 4.79 Å². The summed E-state index contributed by atoms with van der Waals surface area (Å²) in [5.74, 6) is 2.31. The number of carbonyl (C=O) groups excluding carboxylic acids is 1. The average Bonchev–Trinajstić information content (AvgIpc) is 2.53. The van der Waals surface area contributed by atoms with E-state index in [1.807, 2.05) is 11.9 Å². The van der Waals surface area contributed by atoms with E-state index in [9.17, 15) is 4.79 Å². The molecule has 0 aromatic rings. The van der Waals surface area contributed by atoms with E-state index in [0.29, 0.717) is 11.8 Å². The largest absolute Gasteiger partial charge is 0.345 e. The summed E-state index contributed by atoms with van der Waals surface area (Å²) in [5.41, 5.74) is 0. The lowest BCUT2D eigenvalue weighted by Crippen LogP contribution is -2.25. The number of carbonyl (C=O) groups is 1. The zero-order valence-electron chi connectivity index (χ0n) is 7.21. The van der Waals surface area contributed by atoms with Crippen LogP contribution in [-0.4, -0.2) is 24.4 Å². The highest BCUT2D eigenvalue weighted by molar-refractivity contribution is 5.85. The smallest absolute Gasteiger partial charge is 0.226 e. The first-order valence-corrected chi connectivity index (χ1v) is 4.50. The van der Waals surface area contributed by atoms with Crippen molar-refractivity contribution in [1.29, 1.82) is 0 Å². The van der Waals surface area contributed by atoms with Gasteiger partial charge in [0.2, 0.25) is 5.91 Å². The van der Waals surface area contributed by atoms with E-state index in [2.05, 4.69) is 6.92 Å². The molecule has 0 bridgehead atoms. The van der Waals surface area contributed by atoms with Crippen LogP contribution >= 0.6 is 0 Å². The highest BCUT2D eigenvalue weighted by atomic mass is 16.2. The molecule has 0 aromatic heterocycles. The van der Waals surface area contributed by atoms with Gasteiger partial charge < -0.3 is 4.90 Å². The third kappa shape index (κ3) is 0.883. The molecule has 1 aliphatic heterocycles. The Kier molecular flexibility index (Phi) is 1.44. The van der Waals surface area contributed by atoms with E-state index in [-0.39, 0.29) is 0 Å². The van der Waals surface area contributed by atoms with E-state index in [4.69, 9.17) is 0 Å². The molecular weight excluding hydrogens is 138 g/mol. The summed E-state index contributed by atoms with van der Waals surface area (Å²) in [4.78, 5) is 13.2. The van der Waals surface area contributed by atoms with Crippen LogP contribution in [0.3, 0.4) is 0 Å². The molecule has 1 heterocycles. The summed E-state index contributed by atoms with van der Waals surface area (Å²) in [7, 11) is 1.91. The second-order valence-corrected chi connectivity index (χ2v) is 3.86. The maximum absolute atomic E-state index is 11.4. The topological polar surface area (TPSA) is 20.3 Å². The van der Waals surface area contributed by atoms with E-state index in [1.54, 1.807) is 0 Å². The molecule has 2 fully saturated rings. The van der Waals surface area contributed by atoms with Crippen molar-refractivity contribution in [2.24, 2.45) is 17.8 Å². The van der Waals surface area contributed by atoms with Crippen molar-refractivity contribution in [1.82, 2.24) is 4.90 Å². The molecule has 0 N–H and O–H groups in total. The molecule has 1 saturated carbocycles. The van der Waals surface area contributed by atoms with Crippen LogP contribution in [0.5, 0.6) is 0 Å². The first kappa shape index (κ1) is 7.14. The maximum Gasteiger partial charge on any atom is 0.226 e. The Morgan fingerprint density at radius 3 is 2.82 bits per heavy atom. The Hall–Kier alpha value is -0.530. The zero-order chi connectivity index (χ0) is 8.01. The van der Waals surface area contributed by atoms with Gasteiger partial charge in [0.05, 0.1) is 0 Å². The van der Waals surface area contributed by atoms with Crippen LogP contribution in [0, 0.1) is 17.8 Å². The fourth-order valence-electron chi connectivity index (χ4n) is 2.45. The van der Waals surface area contributed by atoms with Crippen molar-refractivity contribution in [3.05, 3.63) is 0 Å². The van der Waals surface area contributed by atoms with Crippen LogP contribution in [0.1, 0.15) is 19.8 Å². The number of amides is 1. The van der Waals surface area contributed by atoms with Gasteiger partial charge in [-0.3, -0.25) is 4.79 Å². The Balaban J connectivity index is 1.95. The van der Waals surface area contributed by atoms with Gasteiger partial charge in [-0.15, -0.1) is 0 Å². The third-order valence-corrected chi connectivity index (χ3v) is 3.10. The number of nitrogens with zero attached hydrogens (tertiary/aromatic N) is 1. The van der Waals surface area contributed by atoms with Crippen molar-refractivity contribution in [2.45, 2.75) is 19.8 Å². The Morgan fingerprint density at radius 1 is 1.64 bits per heavy atom. The van der Waals surface area contributed by atoms with E-state index >= 15 is 0 Å². The molecule has 2 rings (SSSR count). The average molecular weight is 153 g/mol. The number of likely N-dealkylation sites (tertiary alicyclic amines) is 1. The van der Waals surface area contributed by atoms with Gasteiger partial charge in [0.1, 0.15) is 0 Å².